The maximum absolute atomic E-state index is 12.3. The van der Waals surface area contributed by atoms with Crippen molar-refractivity contribution in [3.05, 3.63) is 76.9 Å². The average Bonchev–Trinajstić information content (AvgIpc) is 2.66. The summed E-state index contributed by atoms with van der Waals surface area (Å²) in [5.41, 5.74) is 2.03. The molecular weight excluding hydrogens is 332 g/mol. The highest BCUT2D eigenvalue weighted by Crippen LogP contribution is 2.26. The first-order chi connectivity index (χ1) is 12.6. The molecule has 3 rings (SSSR count). The Hall–Kier alpha value is -3.85. The fourth-order valence-electron chi connectivity index (χ4n) is 2.45. The van der Waals surface area contributed by atoms with E-state index in [1.165, 1.54) is 30.3 Å². The molecule has 2 N–H and O–H groups in total. The summed E-state index contributed by atoms with van der Waals surface area (Å²) in [4.78, 5) is 23.1. The van der Waals surface area contributed by atoms with Gasteiger partial charge in [0.25, 0.3) is 5.91 Å². The number of rotatable bonds is 4. The second-order valence-corrected chi connectivity index (χ2v) is 5.55. The Morgan fingerprint density at radius 2 is 1.88 bits per heavy atom. The Morgan fingerprint density at radius 1 is 1.15 bits per heavy atom. The maximum Gasteiger partial charge on any atom is 0.335 e. The van der Waals surface area contributed by atoms with E-state index in [1.807, 2.05) is 36.4 Å². The number of fused-ring (bicyclic) bond motifs is 1. The molecule has 128 valence electrons. The Morgan fingerprint density at radius 3 is 2.58 bits per heavy atom. The van der Waals surface area contributed by atoms with Gasteiger partial charge < -0.3 is 15.2 Å². The SMILES string of the molecule is N#C/C(=C/C1=Cc2ccccc2OC1)C(=O)Nc1ccc(C(=O)O)cc1. The van der Waals surface area contributed by atoms with Crippen LogP contribution in [0.25, 0.3) is 6.08 Å². The van der Waals surface area contributed by atoms with Crippen molar-refractivity contribution in [2.75, 3.05) is 11.9 Å². The predicted octanol–water partition coefficient (Wildman–Crippen LogP) is 3.25. The number of benzene rings is 2. The van der Waals surface area contributed by atoms with E-state index in [2.05, 4.69) is 5.32 Å². The van der Waals surface area contributed by atoms with Crippen molar-refractivity contribution in [1.82, 2.24) is 0 Å². The highest BCUT2D eigenvalue weighted by molar-refractivity contribution is 6.07. The molecule has 26 heavy (non-hydrogen) atoms. The van der Waals surface area contributed by atoms with Gasteiger partial charge in [0.1, 0.15) is 24.0 Å². The van der Waals surface area contributed by atoms with Gasteiger partial charge in [0.05, 0.1) is 5.56 Å². The molecule has 1 amide bonds. The maximum atomic E-state index is 12.3. The molecule has 0 atom stereocenters. The zero-order chi connectivity index (χ0) is 18.5. The monoisotopic (exact) mass is 346 g/mol. The Balaban J connectivity index is 1.77. The molecule has 0 unspecified atom stereocenters. The predicted molar refractivity (Wildman–Crippen MR) is 95.6 cm³/mol. The van der Waals surface area contributed by atoms with Crippen LogP contribution in [0.4, 0.5) is 5.69 Å². The van der Waals surface area contributed by atoms with Gasteiger partial charge in [-0.1, -0.05) is 18.2 Å². The van der Waals surface area contributed by atoms with Crippen LogP contribution in [-0.4, -0.2) is 23.6 Å². The zero-order valence-electron chi connectivity index (χ0n) is 13.6. The summed E-state index contributed by atoms with van der Waals surface area (Å²) in [6.07, 6.45) is 3.35. The highest BCUT2D eigenvalue weighted by atomic mass is 16.5. The third-order valence-corrected chi connectivity index (χ3v) is 3.74. The van der Waals surface area contributed by atoms with Crippen molar-refractivity contribution in [3.63, 3.8) is 0 Å². The van der Waals surface area contributed by atoms with Gasteiger partial charge in [-0.15, -0.1) is 0 Å². The Bertz CT molecular complexity index is 966. The van der Waals surface area contributed by atoms with Crippen molar-refractivity contribution >= 4 is 23.6 Å². The molecule has 0 radical (unpaired) electrons. The number of anilines is 1. The summed E-state index contributed by atoms with van der Waals surface area (Å²) in [6.45, 7) is 0.267. The van der Waals surface area contributed by atoms with Gasteiger partial charge in [-0.2, -0.15) is 5.26 Å². The van der Waals surface area contributed by atoms with Gasteiger partial charge in [-0.05, 0) is 48.1 Å². The number of para-hydroxylation sites is 1. The van der Waals surface area contributed by atoms with Crippen molar-refractivity contribution in [2.24, 2.45) is 0 Å². The first kappa shape index (κ1) is 17.0. The molecule has 2 aromatic rings. The van der Waals surface area contributed by atoms with Crippen LogP contribution in [0.5, 0.6) is 5.75 Å². The van der Waals surface area contributed by atoms with Crippen LogP contribution < -0.4 is 10.1 Å². The third-order valence-electron chi connectivity index (χ3n) is 3.74. The topological polar surface area (TPSA) is 99.4 Å². The number of nitriles is 1. The second kappa shape index (κ2) is 7.36. The summed E-state index contributed by atoms with van der Waals surface area (Å²) < 4.78 is 5.61. The number of carbonyl (C=O) groups excluding carboxylic acids is 1. The van der Waals surface area contributed by atoms with Crippen molar-refractivity contribution in [2.45, 2.75) is 0 Å². The van der Waals surface area contributed by atoms with Gasteiger partial charge in [0.2, 0.25) is 0 Å². The van der Waals surface area contributed by atoms with Gasteiger partial charge in [-0.3, -0.25) is 4.79 Å². The van der Waals surface area contributed by atoms with Crippen LogP contribution in [0.15, 0.2) is 65.8 Å². The summed E-state index contributed by atoms with van der Waals surface area (Å²) in [7, 11) is 0. The Labute approximate surface area is 149 Å². The molecule has 1 heterocycles. The normalized spacial score (nSPS) is 12.9. The number of aromatic carboxylic acids is 1. The molecular formula is C20H14N2O4. The van der Waals surface area contributed by atoms with Gasteiger partial charge in [0.15, 0.2) is 0 Å². The molecule has 0 saturated carbocycles. The van der Waals surface area contributed by atoms with Crippen molar-refractivity contribution in [1.29, 1.82) is 5.26 Å². The summed E-state index contributed by atoms with van der Waals surface area (Å²) in [5.74, 6) is -0.869. The van der Waals surface area contributed by atoms with E-state index in [4.69, 9.17) is 9.84 Å². The molecule has 0 saturated heterocycles. The second-order valence-electron chi connectivity index (χ2n) is 5.55. The first-order valence-corrected chi connectivity index (χ1v) is 7.76. The zero-order valence-corrected chi connectivity index (χ0v) is 13.6. The van der Waals surface area contributed by atoms with E-state index in [0.29, 0.717) is 11.3 Å². The van der Waals surface area contributed by atoms with Crippen LogP contribution in [-0.2, 0) is 4.79 Å². The van der Waals surface area contributed by atoms with Gasteiger partial charge >= 0.3 is 5.97 Å². The van der Waals surface area contributed by atoms with Crippen molar-refractivity contribution in [3.8, 4) is 11.8 Å². The number of carbonyl (C=O) groups is 2. The van der Waals surface area contributed by atoms with Crippen LogP contribution >= 0.6 is 0 Å². The van der Waals surface area contributed by atoms with E-state index in [9.17, 15) is 14.9 Å². The minimum absolute atomic E-state index is 0.0680. The van der Waals surface area contributed by atoms with Gasteiger partial charge in [0, 0.05) is 11.3 Å². The van der Waals surface area contributed by atoms with Crippen LogP contribution in [0.3, 0.4) is 0 Å². The highest BCUT2D eigenvalue weighted by Gasteiger charge is 2.14. The molecule has 0 fully saturated rings. The van der Waals surface area contributed by atoms with Crippen LogP contribution in [0.2, 0.25) is 0 Å². The van der Waals surface area contributed by atoms with E-state index in [-0.39, 0.29) is 17.7 Å². The van der Waals surface area contributed by atoms with Crippen LogP contribution in [0.1, 0.15) is 15.9 Å². The summed E-state index contributed by atoms with van der Waals surface area (Å²) in [6, 6.07) is 15.1. The fourth-order valence-corrected chi connectivity index (χ4v) is 2.45. The number of amides is 1. The molecule has 0 spiro atoms. The number of carboxylic acid groups (broad SMARTS) is 1. The summed E-state index contributed by atoms with van der Waals surface area (Å²) in [5, 5.41) is 20.7. The standard InChI is InChI=1S/C20H14N2O4/c21-11-16(10-13-9-15-3-1-2-4-18(15)26-12-13)19(23)22-17-7-5-14(6-8-17)20(24)25/h1-10H,12H2,(H,22,23)(H,24,25)/b16-10-. The lowest BCUT2D eigenvalue weighted by atomic mass is 10.1. The molecule has 0 aromatic heterocycles. The van der Waals surface area contributed by atoms with E-state index in [0.717, 1.165) is 11.3 Å². The number of nitrogens with one attached hydrogen (secondary N) is 1. The lowest BCUT2D eigenvalue weighted by Crippen LogP contribution is -2.15. The minimum atomic E-state index is -1.05. The molecule has 6 heteroatoms. The number of nitrogens with zero attached hydrogens (tertiary/aromatic N) is 1. The largest absolute Gasteiger partial charge is 0.488 e. The van der Waals surface area contributed by atoms with E-state index >= 15 is 0 Å². The molecule has 2 aromatic carbocycles. The number of hydrogen-bond acceptors (Lipinski definition) is 4. The smallest absolute Gasteiger partial charge is 0.335 e. The van der Waals surface area contributed by atoms with Crippen molar-refractivity contribution < 1.29 is 19.4 Å². The molecule has 6 nitrogen and oxygen atoms in total. The van der Waals surface area contributed by atoms with E-state index < -0.39 is 11.9 Å². The third kappa shape index (κ3) is 3.79. The Kier molecular flexibility index (Phi) is 4.81. The fraction of sp³-hybridized carbons (Fsp3) is 0.0500. The number of carboxylic acids is 1. The molecule has 1 aliphatic rings. The first-order valence-electron chi connectivity index (χ1n) is 7.76. The summed E-state index contributed by atoms with van der Waals surface area (Å²) >= 11 is 0. The number of hydrogen-bond donors (Lipinski definition) is 2. The molecule has 0 bridgehead atoms. The van der Waals surface area contributed by atoms with Gasteiger partial charge in [-0.25, -0.2) is 4.79 Å². The average molecular weight is 346 g/mol. The molecule has 1 aliphatic heterocycles. The lowest BCUT2D eigenvalue weighted by Gasteiger charge is -2.16. The number of ether oxygens (including phenoxy) is 1. The quantitative estimate of drug-likeness (QED) is 0.654. The lowest BCUT2D eigenvalue weighted by molar-refractivity contribution is -0.112. The van der Waals surface area contributed by atoms with Crippen LogP contribution in [0, 0.1) is 11.3 Å². The van der Waals surface area contributed by atoms with E-state index in [1.54, 1.807) is 0 Å². The minimum Gasteiger partial charge on any atom is -0.488 e. The molecule has 0 aliphatic carbocycles.